The molecule has 0 aliphatic rings. The van der Waals surface area contributed by atoms with Gasteiger partial charge in [-0.2, -0.15) is 0 Å². The van der Waals surface area contributed by atoms with Crippen LogP contribution in [-0.2, 0) is 6.42 Å². The minimum atomic E-state index is 0.888. The third kappa shape index (κ3) is 3.40. The summed E-state index contributed by atoms with van der Waals surface area (Å²) in [5, 5.41) is 7.90. The Morgan fingerprint density at radius 2 is 1.00 bits per heavy atom. The van der Waals surface area contributed by atoms with E-state index in [1.54, 1.807) is 0 Å². The van der Waals surface area contributed by atoms with Gasteiger partial charge in [0, 0.05) is 16.8 Å². The molecule has 7 aromatic rings. The van der Waals surface area contributed by atoms with Crippen molar-refractivity contribution < 1.29 is 0 Å². The van der Waals surface area contributed by atoms with E-state index in [4.69, 9.17) is 0 Å². The molecule has 0 bridgehead atoms. The van der Waals surface area contributed by atoms with Gasteiger partial charge in [-0.15, -0.1) is 0 Å². The van der Waals surface area contributed by atoms with E-state index in [9.17, 15) is 0 Å². The molecule has 0 amide bonds. The molecule has 0 unspecified atom stereocenters. The summed E-state index contributed by atoms with van der Waals surface area (Å²) in [6, 6.07) is 50.4. The monoisotopic (exact) mass is 459 g/mol. The molecule has 170 valence electrons. The molecule has 0 radical (unpaired) electrons. The largest absolute Gasteiger partial charge is 0.310 e. The lowest BCUT2D eigenvalue weighted by Gasteiger charge is -2.28. The zero-order chi connectivity index (χ0) is 23.9. The first-order valence-electron chi connectivity index (χ1n) is 12.5. The van der Waals surface area contributed by atoms with Crippen molar-refractivity contribution in [1.29, 1.82) is 0 Å². The molecular formula is C35H25N. The van der Waals surface area contributed by atoms with Gasteiger partial charge in [-0.05, 0) is 74.8 Å². The highest BCUT2D eigenvalue weighted by atomic mass is 15.1. The fourth-order valence-corrected chi connectivity index (χ4v) is 5.61. The molecule has 0 fully saturated rings. The smallest absolute Gasteiger partial charge is 0.0543 e. The molecule has 0 spiro atoms. The van der Waals surface area contributed by atoms with Gasteiger partial charge in [-0.3, -0.25) is 0 Å². The van der Waals surface area contributed by atoms with Crippen molar-refractivity contribution in [3.05, 3.63) is 151 Å². The molecule has 1 heteroatoms. The van der Waals surface area contributed by atoms with Crippen molar-refractivity contribution in [2.75, 3.05) is 4.90 Å². The molecule has 0 N–H and O–H groups in total. The van der Waals surface area contributed by atoms with Crippen molar-refractivity contribution in [3.63, 3.8) is 0 Å². The van der Waals surface area contributed by atoms with Gasteiger partial charge in [0.1, 0.15) is 0 Å². The minimum absolute atomic E-state index is 0.888. The Morgan fingerprint density at radius 3 is 1.61 bits per heavy atom. The Kier molecular flexibility index (Phi) is 4.92. The quantitative estimate of drug-likeness (QED) is 0.232. The van der Waals surface area contributed by atoms with E-state index < -0.39 is 0 Å². The normalized spacial score (nSPS) is 11.4. The molecule has 0 aliphatic heterocycles. The van der Waals surface area contributed by atoms with Crippen LogP contribution in [-0.4, -0.2) is 0 Å². The number of para-hydroxylation sites is 2. The zero-order valence-electron chi connectivity index (χ0n) is 19.9. The van der Waals surface area contributed by atoms with Gasteiger partial charge in [-0.1, -0.05) is 109 Å². The van der Waals surface area contributed by atoms with Crippen molar-refractivity contribution in [2.24, 2.45) is 0 Å². The van der Waals surface area contributed by atoms with Crippen molar-refractivity contribution in [3.8, 4) is 0 Å². The number of rotatable bonds is 5. The average Bonchev–Trinajstić information content (AvgIpc) is 2.95. The summed E-state index contributed by atoms with van der Waals surface area (Å²) in [6.45, 7) is 0. The van der Waals surface area contributed by atoms with E-state index in [2.05, 4.69) is 144 Å². The van der Waals surface area contributed by atoms with Gasteiger partial charge in [-0.25, -0.2) is 0 Å². The van der Waals surface area contributed by atoms with Crippen molar-refractivity contribution >= 4 is 49.4 Å². The second-order valence-corrected chi connectivity index (χ2v) is 9.40. The maximum absolute atomic E-state index is 2.41. The van der Waals surface area contributed by atoms with Gasteiger partial charge in [0.2, 0.25) is 0 Å². The Labute approximate surface area is 211 Å². The molecule has 0 saturated carbocycles. The first-order valence-corrected chi connectivity index (χ1v) is 12.5. The lowest BCUT2D eigenvalue weighted by atomic mass is 9.88. The van der Waals surface area contributed by atoms with Crippen LogP contribution in [0.5, 0.6) is 0 Å². The van der Waals surface area contributed by atoms with Crippen molar-refractivity contribution in [2.45, 2.75) is 6.42 Å². The first kappa shape index (κ1) is 20.7. The fourth-order valence-electron chi connectivity index (χ4n) is 5.61. The van der Waals surface area contributed by atoms with Crippen LogP contribution in [0, 0.1) is 0 Å². The summed E-state index contributed by atoms with van der Waals surface area (Å²) >= 11 is 0. The van der Waals surface area contributed by atoms with Gasteiger partial charge in [0.15, 0.2) is 0 Å². The second kappa shape index (κ2) is 8.55. The van der Waals surface area contributed by atoms with Crippen LogP contribution in [0.1, 0.15) is 11.1 Å². The SMILES string of the molecule is c1ccc(Cc2cc(N(c3ccccc3)c3ccccc3)c3ccc4cccc5ccc2c3c54)cc1. The van der Waals surface area contributed by atoms with Crippen LogP contribution in [0.25, 0.3) is 32.3 Å². The third-order valence-electron chi connectivity index (χ3n) is 7.22. The highest BCUT2D eigenvalue weighted by molar-refractivity contribution is 6.26. The van der Waals surface area contributed by atoms with Crippen LogP contribution in [0.3, 0.4) is 0 Å². The van der Waals surface area contributed by atoms with Gasteiger partial charge in [0.05, 0.1) is 5.69 Å². The predicted octanol–water partition coefficient (Wildman–Crippen LogP) is 9.64. The molecule has 0 aromatic heterocycles. The van der Waals surface area contributed by atoms with E-state index in [0.717, 1.165) is 17.8 Å². The van der Waals surface area contributed by atoms with E-state index >= 15 is 0 Å². The maximum atomic E-state index is 2.41. The van der Waals surface area contributed by atoms with E-state index in [1.807, 2.05) is 0 Å². The van der Waals surface area contributed by atoms with Crippen molar-refractivity contribution in [1.82, 2.24) is 0 Å². The van der Waals surface area contributed by atoms with Gasteiger partial charge >= 0.3 is 0 Å². The van der Waals surface area contributed by atoms with Crippen LogP contribution >= 0.6 is 0 Å². The number of benzene rings is 7. The third-order valence-corrected chi connectivity index (χ3v) is 7.22. The minimum Gasteiger partial charge on any atom is -0.310 e. The van der Waals surface area contributed by atoms with Gasteiger partial charge < -0.3 is 4.90 Å². The summed E-state index contributed by atoms with van der Waals surface area (Å²) in [4.78, 5) is 2.40. The lowest BCUT2D eigenvalue weighted by molar-refractivity contribution is 1.20. The van der Waals surface area contributed by atoms with Crippen LogP contribution < -0.4 is 4.90 Å². The highest BCUT2D eigenvalue weighted by Crippen LogP contribution is 2.45. The molecule has 0 atom stereocenters. The molecular weight excluding hydrogens is 434 g/mol. The molecule has 1 nitrogen and oxygen atoms in total. The Balaban J connectivity index is 1.59. The molecule has 7 rings (SSSR count). The van der Waals surface area contributed by atoms with E-state index in [1.165, 1.54) is 49.1 Å². The van der Waals surface area contributed by atoms with Gasteiger partial charge in [0.25, 0.3) is 0 Å². The molecule has 0 saturated heterocycles. The molecule has 0 aliphatic carbocycles. The van der Waals surface area contributed by atoms with Crippen LogP contribution in [0.15, 0.2) is 140 Å². The summed E-state index contributed by atoms with van der Waals surface area (Å²) in [7, 11) is 0. The molecule has 36 heavy (non-hydrogen) atoms. The van der Waals surface area contributed by atoms with Crippen LogP contribution in [0.2, 0.25) is 0 Å². The van der Waals surface area contributed by atoms with Crippen LogP contribution in [0.4, 0.5) is 17.1 Å². The summed E-state index contributed by atoms with van der Waals surface area (Å²) in [6.07, 6.45) is 0.888. The first-order chi connectivity index (χ1) is 17.9. The Hall–Kier alpha value is -4.62. The number of anilines is 3. The average molecular weight is 460 g/mol. The zero-order valence-corrected chi connectivity index (χ0v) is 19.9. The standard InChI is InChI=1S/C35H25N/c1-4-11-25(12-5-1)23-28-24-33(36(29-15-6-2-7-16-29)30-17-8-3-9-18-30)32-22-20-27-14-10-13-26-19-21-31(28)35(32)34(26)27/h1-22,24H,23H2. The van der Waals surface area contributed by atoms with E-state index in [-0.39, 0.29) is 0 Å². The summed E-state index contributed by atoms with van der Waals surface area (Å²) in [5.41, 5.74) is 6.20. The molecule has 0 heterocycles. The number of hydrogen-bond acceptors (Lipinski definition) is 1. The Bertz CT molecular complexity index is 1730. The lowest BCUT2D eigenvalue weighted by Crippen LogP contribution is -2.11. The fraction of sp³-hybridized carbons (Fsp3) is 0.0286. The topological polar surface area (TPSA) is 3.24 Å². The van der Waals surface area contributed by atoms with E-state index in [0.29, 0.717) is 0 Å². The Morgan fingerprint density at radius 1 is 0.444 bits per heavy atom. The summed E-state index contributed by atoms with van der Waals surface area (Å²) in [5.74, 6) is 0. The number of hydrogen-bond donors (Lipinski definition) is 0. The number of nitrogens with zero attached hydrogens (tertiary/aromatic N) is 1. The summed E-state index contributed by atoms with van der Waals surface area (Å²) < 4.78 is 0. The predicted molar refractivity (Wildman–Crippen MR) is 154 cm³/mol. The maximum Gasteiger partial charge on any atom is 0.0543 e. The highest BCUT2D eigenvalue weighted by Gasteiger charge is 2.20. The second-order valence-electron chi connectivity index (χ2n) is 9.40. The molecule has 7 aromatic carbocycles.